The molecule has 1 heterocycles. The van der Waals surface area contributed by atoms with Crippen molar-refractivity contribution in [2.75, 3.05) is 20.8 Å². The summed E-state index contributed by atoms with van der Waals surface area (Å²) >= 11 is 3.14. The average Bonchev–Trinajstić information content (AvgIpc) is 2.90. The van der Waals surface area contributed by atoms with Crippen molar-refractivity contribution in [2.24, 2.45) is 5.92 Å². The van der Waals surface area contributed by atoms with Gasteiger partial charge in [0.2, 0.25) is 0 Å². The molecule has 2 N–H and O–H groups in total. The van der Waals surface area contributed by atoms with Gasteiger partial charge in [-0.05, 0) is 28.4 Å². The van der Waals surface area contributed by atoms with Crippen LogP contribution in [0.1, 0.15) is 18.0 Å². The summed E-state index contributed by atoms with van der Waals surface area (Å²) in [6.07, 6.45) is 0.424. The second kappa shape index (κ2) is 5.97. The molecule has 2 atom stereocenters. The summed E-state index contributed by atoms with van der Waals surface area (Å²) < 4.78 is 24.5. The lowest BCUT2D eigenvalue weighted by Gasteiger charge is -2.19. The van der Waals surface area contributed by atoms with E-state index in [0.717, 1.165) is 0 Å². The van der Waals surface area contributed by atoms with Gasteiger partial charge < -0.3 is 19.9 Å². The van der Waals surface area contributed by atoms with Crippen LogP contribution in [-0.4, -0.2) is 31.8 Å². The Morgan fingerprint density at radius 2 is 2.10 bits per heavy atom. The van der Waals surface area contributed by atoms with Crippen LogP contribution in [0.25, 0.3) is 0 Å². The van der Waals surface area contributed by atoms with Crippen LogP contribution in [0.3, 0.4) is 0 Å². The molecule has 2 rings (SSSR count). The maximum Gasteiger partial charge on any atom is 0.307 e. The van der Waals surface area contributed by atoms with Gasteiger partial charge in [-0.15, -0.1) is 0 Å². The molecule has 1 saturated heterocycles. The highest BCUT2D eigenvalue weighted by molar-refractivity contribution is 9.10. The van der Waals surface area contributed by atoms with Gasteiger partial charge in [-0.25, -0.2) is 4.39 Å². The molecule has 0 spiro atoms. The second-order valence-electron chi connectivity index (χ2n) is 4.56. The predicted molar refractivity (Wildman–Crippen MR) is 73.7 cm³/mol. The van der Waals surface area contributed by atoms with Crippen LogP contribution in [0.5, 0.6) is 11.5 Å². The normalized spacial score (nSPS) is 21.8. The van der Waals surface area contributed by atoms with Gasteiger partial charge in [-0.3, -0.25) is 4.79 Å². The van der Waals surface area contributed by atoms with Crippen LogP contribution in [0.15, 0.2) is 10.5 Å². The highest BCUT2D eigenvalue weighted by atomic mass is 79.9. The number of aliphatic carboxylic acids is 1. The summed E-state index contributed by atoms with van der Waals surface area (Å²) in [5, 5.41) is 12.2. The highest BCUT2D eigenvalue weighted by Gasteiger charge is 2.33. The van der Waals surface area contributed by atoms with E-state index < -0.39 is 17.7 Å². The molecule has 0 saturated carbocycles. The smallest absolute Gasteiger partial charge is 0.307 e. The summed E-state index contributed by atoms with van der Waals surface area (Å²) in [6, 6.07) is 1.38. The first kappa shape index (κ1) is 15.1. The van der Waals surface area contributed by atoms with Crippen molar-refractivity contribution in [1.29, 1.82) is 0 Å². The average molecular weight is 348 g/mol. The van der Waals surface area contributed by atoms with E-state index in [1.165, 1.54) is 14.2 Å². The van der Waals surface area contributed by atoms with E-state index in [1.807, 2.05) is 0 Å². The first-order valence-corrected chi connectivity index (χ1v) is 6.85. The van der Waals surface area contributed by atoms with Crippen molar-refractivity contribution in [1.82, 2.24) is 5.32 Å². The van der Waals surface area contributed by atoms with Crippen LogP contribution in [-0.2, 0) is 4.79 Å². The van der Waals surface area contributed by atoms with E-state index in [1.54, 1.807) is 6.07 Å². The minimum absolute atomic E-state index is 0.0115. The molecule has 2 unspecified atom stereocenters. The first-order chi connectivity index (χ1) is 9.49. The lowest BCUT2D eigenvalue weighted by Crippen LogP contribution is -2.17. The van der Waals surface area contributed by atoms with Gasteiger partial charge in [-0.1, -0.05) is 0 Å². The van der Waals surface area contributed by atoms with E-state index in [-0.39, 0.29) is 22.0 Å². The highest BCUT2D eigenvalue weighted by Crippen LogP contribution is 2.43. The van der Waals surface area contributed by atoms with Crippen molar-refractivity contribution in [3.63, 3.8) is 0 Å². The molecule has 20 heavy (non-hydrogen) atoms. The number of hydrogen-bond donors (Lipinski definition) is 2. The van der Waals surface area contributed by atoms with Gasteiger partial charge in [0.15, 0.2) is 17.3 Å². The second-order valence-corrected chi connectivity index (χ2v) is 5.41. The molecular formula is C13H15BrFNO4. The number of benzene rings is 1. The lowest BCUT2D eigenvalue weighted by molar-refractivity contribution is -0.141. The van der Waals surface area contributed by atoms with Gasteiger partial charge in [0, 0.05) is 18.2 Å². The predicted octanol–water partition coefficient (Wildman–Crippen LogP) is 2.34. The molecule has 1 aromatic carbocycles. The Kier molecular flexibility index (Phi) is 4.49. The van der Waals surface area contributed by atoms with Crippen LogP contribution >= 0.6 is 15.9 Å². The number of carboxylic acid groups (broad SMARTS) is 1. The maximum absolute atomic E-state index is 14.0. The minimum Gasteiger partial charge on any atom is -0.492 e. The molecule has 0 aliphatic carbocycles. The summed E-state index contributed by atoms with van der Waals surface area (Å²) in [7, 11) is 2.79. The zero-order valence-electron chi connectivity index (χ0n) is 11.1. The van der Waals surface area contributed by atoms with Crippen molar-refractivity contribution >= 4 is 21.9 Å². The summed E-state index contributed by atoms with van der Waals surface area (Å²) in [6.45, 7) is 0.375. The standard InChI is InChI=1S/C13H15BrFNO4/c1-19-11-7(4-8(14)10(15)12(11)20-2)9-3-6(5-16-9)13(17)18/h4,6,9,16H,3,5H2,1-2H3,(H,17,18). The van der Waals surface area contributed by atoms with E-state index in [0.29, 0.717) is 18.5 Å². The molecule has 1 aliphatic heterocycles. The third-order valence-electron chi connectivity index (χ3n) is 3.42. The topological polar surface area (TPSA) is 67.8 Å². The Morgan fingerprint density at radius 1 is 1.45 bits per heavy atom. The molecule has 7 heteroatoms. The lowest BCUT2D eigenvalue weighted by atomic mass is 9.99. The molecule has 0 bridgehead atoms. The summed E-state index contributed by atoms with van der Waals surface area (Å²) in [5.41, 5.74) is 0.682. The van der Waals surface area contributed by atoms with Gasteiger partial charge in [0.05, 0.1) is 24.6 Å². The number of hydrogen-bond acceptors (Lipinski definition) is 4. The number of methoxy groups -OCH3 is 2. The third kappa shape index (κ3) is 2.60. The van der Waals surface area contributed by atoms with E-state index in [9.17, 15) is 9.18 Å². The van der Waals surface area contributed by atoms with Crippen LogP contribution in [0.2, 0.25) is 0 Å². The molecule has 110 valence electrons. The minimum atomic E-state index is -0.841. The first-order valence-electron chi connectivity index (χ1n) is 6.05. The fourth-order valence-corrected chi connectivity index (χ4v) is 2.84. The maximum atomic E-state index is 14.0. The largest absolute Gasteiger partial charge is 0.492 e. The van der Waals surface area contributed by atoms with E-state index in [4.69, 9.17) is 14.6 Å². The van der Waals surface area contributed by atoms with Crippen molar-refractivity contribution < 1.29 is 23.8 Å². The van der Waals surface area contributed by atoms with E-state index >= 15 is 0 Å². The zero-order chi connectivity index (χ0) is 14.9. The van der Waals surface area contributed by atoms with Crippen molar-refractivity contribution in [3.05, 3.63) is 21.9 Å². The molecular weight excluding hydrogens is 333 g/mol. The Balaban J connectivity index is 2.42. The number of carbonyl (C=O) groups is 1. The van der Waals surface area contributed by atoms with Crippen LogP contribution < -0.4 is 14.8 Å². The van der Waals surface area contributed by atoms with E-state index in [2.05, 4.69) is 21.2 Å². The number of nitrogens with one attached hydrogen (secondary N) is 1. The quantitative estimate of drug-likeness (QED) is 0.874. The molecule has 1 aromatic rings. The number of halogens is 2. The number of rotatable bonds is 4. The van der Waals surface area contributed by atoms with Crippen LogP contribution in [0, 0.1) is 11.7 Å². The van der Waals surface area contributed by atoms with Crippen LogP contribution in [0.4, 0.5) is 4.39 Å². The molecule has 0 aromatic heterocycles. The fraction of sp³-hybridized carbons (Fsp3) is 0.462. The SMILES string of the molecule is COc1c(C2CC(C(=O)O)CN2)cc(Br)c(F)c1OC. The Labute approximate surface area is 124 Å². The van der Waals surface area contributed by atoms with Gasteiger partial charge >= 0.3 is 5.97 Å². The fourth-order valence-electron chi connectivity index (χ4n) is 2.42. The Bertz CT molecular complexity index is 538. The molecule has 0 amide bonds. The molecule has 0 radical (unpaired) electrons. The monoisotopic (exact) mass is 347 g/mol. The summed E-state index contributed by atoms with van der Waals surface area (Å²) in [4.78, 5) is 11.0. The molecule has 5 nitrogen and oxygen atoms in total. The molecule has 1 aliphatic rings. The third-order valence-corrected chi connectivity index (χ3v) is 4.00. The summed E-state index contributed by atoms with van der Waals surface area (Å²) in [5.74, 6) is -1.54. The van der Waals surface area contributed by atoms with Gasteiger partial charge in [-0.2, -0.15) is 0 Å². The Morgan fingerprint density at radius 3 is 2.60 bits per heavy atom. The molecule has 1 fully saturated rings. The van der Waals surface area contributed by atoms with Gasteiger partial charge in [0.1, 0.15) is 0 Å². The van der Waals surface area contributed by atoms with Crippen molar-refractivity contribution in [3.8, 4) is 11.5 Å². The van der Waals surface area contributed by atoms with Crippen molar-refractivity contribution in [2.45, 2.75) is 12.5 Å². The number of carboxylic acids is 1. The number of ether oxygens (including phenoxy) is 2. The zero-order valence-corrected chi connectivity index (χ0v) is 12.7. The Hall–Kier alpha value is -1.34. The van der Waals surface area contributed by atoms with Gasteiger partial charge in [0.25, 0.3) is 0 Å².